The van der Waals surface area contributed by atoms with Crippen molar-refractivity contribution in [2.45, 2.75) is 31.7 Å². The maximum atomic E-state index is 5.46. The van der Waals surface area contributed by atoms with Crippen LogP contribution in [0.15, 0.2) is 35.1 Å². The lowest BCUT2D eigenvalue weighted by molar-refractivity contribution is 0.402. The van der Waals surface area contributed by atoms with Gasteiger partial charge in [0.25, 0.3) is 5.89 Å². The standard InChI is InChI=1S/C15H17N5O/c1-2-6-12(16-8-4-1)14-18-15(21-19-14)11-10-17-20-9-5-3-7-13(11)20/h3,5,7,9-10,12,16H,1-2,4,6,8H2. The molecule has 0 amide bonds. The molecule has 1 atom stereocenters. The number of rotatable bonds is 2. The van der Waals surface area contributed by atoms with E-state index in [-0.39, 0.29) is 6.04 Å². The van der Waals surface area contributed by atoms with Gasteiger partial charge in [0, 0.05) is 6.20 Å². The quantitative estimate of drug-likeness (QED) is 0.783. The maximum Gasteiger partial charge on any atom is 0.261 e. The second-order valence-corrected chi connectivity index (χ2v) is 5.40. The van der Waals surface area contributed by atoms with Gasteiger partial charge in [-0.15, -0.1) is 0 Å². The van der Waals surface area contributed by atoms with Gasteiger partial charge in [0.05, 0.1) is 23.3 Å². The number of nitrogens with zero attached hydrogens (tertiary/aromatic N) is 4. The summed E-state index contributed by atoms with van der Waals surface area (Å²) in [6, 6.07) is 6.12. The lowest BCUT2D eigenvalue weighted by Gasteiger charge is -2.09. The van der Waals surface area contributed by atoms with Gasteiger partial charge < -0.3 is 9.84 Å². The largest absolute Gasteiger partial charge is 0.334 e. The molecule has 1 aliphatic heterocycles. The minimum atomic E-state index is 0.201. The van der Waals surface area contributed by atoms with E-state index < -0.39 is 0 Å². The van der Waals surface area contributed by atoms with Gasteiger partial charge in [0.15, 0.2) is 5.82 Å². The van der Waals surface area contributed by atoms with E-state index in [4.69, 9.17) is 4.52 Å². The highest BCUT2D eigenvalue weighted by molar-refractivity contribution is 5.74. The van der Waals surface area contributed by atoms with E-state index in [0.29, 0.717) is 5.89 Å². The van der Waals surface area contributed by atoms with Crippen molar-refractivity contribution in [3.8, 4) is 11.5 Å². The summed E-state index contributed by atoms with van der Waals surface area (Å²) in [7, 11) is 0. The van der Waals surface area contributed by atoms with E-state index in [2.05, 4.69) is 20.6 Å². The van der Waals surface area contributed by atoms with Crippen LogP contribution < -0.4 is 5.32 Å². The normalized spacial score (nSPS) is 19.7. The van der Waals surface area contributed by atoms with Crippen LogP contribution >= 0.6 is 0 Å². The number of hydrogen-bond acceptors (Lipinski definition) is 5. The summed E-state index contributed by atoms with van der Waals surface area (Å²) in [6.07, 6.45) is 8.43. The van der Waals surface area contributed by atoms with E-state index in [9.17, 15) is 0 Å². The molecule has 21 heavy (non-hydrogen) atoms. The fraction of sp³-hybridized carbons (Fsp3) is 0.400. The Morgan fingerprint density at radius 3 is 3.24 bits per heavy atom. The first-order chi connectivity index (χ1) is 10.4. The van der Waals surface area contributed by atoms with E-state index >= 15 is 0 Å². The first kappa shape index (κ1) is 12.5. The molecule has 4 rings (SSSR count). The third kappa shape index (κ3) is 2.31. The second kappa shape index (κ2) is 5.29. The number of hydrogen-bond donors (Lipinski definition) is 1. The average molecular weight is 283 g/mol. The molecule has 108 valence electrons. The van der Waals surface area contributed by atoms with Crippen molar-refractivity contribution in [2.75, 3.05) is 6.54 Å². The molecule has 1 aliphatic rings. The first-order valence-electron chi connectivity index (χ1n) is 7.41. The molecule has 3 aromatic rings. The summed E-state index contributed by atoms with van der Waals surface area (Å²) in [5.74, 6) is 1.29. The molecule has 1 saturated heterocycles. The van der Waals surface area contributed by atoms with E-state index in [0.717, 1.165) is 29.9 Å². The second-order valence-electron chi connectivity index (χ2n) is 5.40. The zero-order valence-corrected chi connectivity index (χ0v) is 11.7. The molecule has 0 aliphatic carbocycles. The Bertz CT molecular complexity index is 739. The van der Waals surface area contributed by atoms with Crippen molar-refractivity contribution in [1.29, 1.82) is 0 Å². The van der Waals surface area contributed by atoms with Crippen LogP contribution in [0.2, 0.25) is 0 Å². The van der Waals surface area contributed by atoms with E-state index in [1.807, 2.05) is 28.9 Å². The summed E-state index contributed by atoms with van der Waals surface area (Å²) in [5, 5.41) is 12.0. The zero-order chi connectivity index (χ0) is 14.1. The van der Waals surface area contributed by atoms with Crippen molar-refractivity contribution >= 4 is 5.52 Å². The van der Waals surface area contributed by atoms with Crippen molar-refractivity contribution in [1.82, 2.24) is 25.1 Å². The van der Waals surface area contributed by atoms with Gasteiger partial charge >= 0.3 is 0 Å². The van der Waals surface area contributed by atoms with Gasteiger partial charge in [-0.3, -0.25) is 0 Å². The number of aromatic nitrogens is 4. The fourth-order valence-electron chi connectivity index (χ4n) is 2.83. The third-order valence-corrected chi connectivity index (χ3v) is 3.97. The van der Waals surface area contributed by atoms with Crippen molar-refractivity contribution in [2.24, 2.45) is 0 Å². The van der Waals surface area contributed by atoms with Gasteiger partial charge in [0.2, 0.25) is 0 Å². The third-order valence-electron chi connectivity index (χ3n) is 3.97. The Morgan fingerprint density at radius 1 is 1.24 bits per heavy atom. The highest BCUT2D eigenvalue weighted by Gasteiger charge is 2.21. The molecular formula is C15H17N5O. The highest BCUT2D eigenvalue weighted by Crippen LogP contribution is 2.26. The van der Waals surface area contributed by atoms with Gasteiger partial charge in [-0.1, -0.05) is 24.1 Å². The molecule has 0 aromatic carbocycles. The topological polar surface area (TPSA) is 68.2 Å². The molecule has 6 nitrogen and oxygen atoms in total. The summed E-state index contributed by atoms with van der Waals surface area (Å²) < 4.78 is 7.27. The molecule has 0 bridgehead atoms. The van der Waals surface area contributed by atoms with Crippen molar-refractivity contribution < 1.29 is 4.52 Å². The zero-order valence-electron chi connectivity index (χ0n) is 11.7. The molecule has 0 spiro atoms. The van der Waals surface area contributed by atoms with Crippen LogP contribution in [0, 0.1) is 0 Å². The van der Waals surface area contributed by atoms with E-state index in [1.165, 1.54) is 19.3 Å². The van der Waals surface area contributed by atoms with Crippen LogP contribution in [0.25, 0.3) is 17.0 Å². The Hall–Kier alpha value is -2.21. The number of fused-ring (bicyclic) bond motifs is 1. The summed E-state index contributed by atoms with van der Waals surface area (Å²) in [6.45, 7) is 1.02. The fourth-order valence-corrected chi connectivity index (χ4v) is 2.83. The Morgan fingerprint density at radius 2 is 2.24 bits per heavy atom. The first-order valence-corrected chi connectivity index (χ1v) is 7.41. The van der Waals surface area contributed by atoms with Gasteiger partial charge in [-0.25, -0.2) is 4.52 Å². The van der Waals surface area contributed by atoms with Crippen molar-refractivity contribution in [3.63, 3.8) is 0 Å². The molecule has 1 fully saturated rings. The lowest BCUT2D eigenvalue weighted by Crippen LogP contribution is -2.21. The summed E-state index contributed by atoms with van der Waals surface area (Å²) in [5.41, 5.74) is 1.85. The minimum absolute atomic E-state index is 0.201. The van der Waals surface area contributed by atoms with E-state index in [1.54, 1.807) is 6.20 Å². The predicted molar refractivity (Wildman–Crippen MR) is 77.7 cm³/mol. The molecule has 3 aromatic heterocycles. The monoisotopic (exact) mass is 283 g/mol. The SMILES string of the molecule is c1ccn2ncc(-c3nc(C4CCCCCN4)no3)c2c1. The summed E-state index contributed by atoms with van der Waals surface area (Å²) >= 11 is 0. The Labute approximate surface area is 122 Å². The van der Waals surface area contributed by atoms with Gasteiger partial charge in [0.1, 0.15) is 0 Å². The Balaban J connectivity index is 1.67. The smallest absolute Gasteiger partial charge is 0.261 e. The van der Waals surface area contributed by atoms with Crippen LogP contribution in [-0.2, 0) is 0 Å². The van der Waals surface area contributed by atoms with Crippen LogP contribution in [0.1, 0.15) is 37.5 Å². The van der Waals surface area contributed by atoms with Crippen molar-refractivity contribution in [3.05, 3.63) is 36.4 Å². The average Bonchev–Trinajstić information content (AvgIpc) is 3.07. The van der Waals surface area contributed by atoms with Crippen LogP contribution in [-0.4, -0.2) is 26.3 Å². The van der Waals surface area contributed by atoms with Crippen LogP contribution in [0.4, 0.5) is 0 Å². The number of pyridine rings is 1. The molecule has 6 heteroatoms. The molecule has 1 N–H and O–H groups in total. The molecule has 0 saturated carbocycles. The predicted octanol–water partition coefficient (Wildman–Crippen LogP) is 2.59. The molecule has 4 heterocycles. The van der Waals surface area contributed by atoms with Gasteiger partial charge in [-0.2, -0.15) is 10.1 Å². The maximum absolute atomic E-state index is 5.46. The lowest BCUT2D eigenvalue weighted by atomic mass is 10.1. The Kier molecular flexibility index (Phi) is 3.16. The molecule has 0 radical (unpaired) electrons. The summed E-state index contributed by atoms with van der Waals surface area (Å²) in [4.78, 5) is 4.57. The van der Waals surface area contributed by atoms with Crippen LogP contribution in [0.5, 0.6) is 0 Å². The molecular weight excluding hydrogens is 266 g/mol. The molecule has 1 unspecified atom stereocenters. The highest BCUT2D eigenvalue weighted by atomic mass is 16.5. The van der Waals surface area contributed by atoms with Gasteiger partial charge in [-0.05, 0) is 31.5 Å². The van der Waals surface area contributed by atoms with Crippen LogP contribution in [0.3, 0.4) is 0 Å². The minimum Gasteiger partial charge on any atom is -0.334 e. The number of nitrogens with one attached hydrogen (secondary N) is 1.